The molecule has 0 aliphatic heterocycles. The molecule has 0 aliphatic rings. The quantitative estimate of drug-likeness (QED) is 0.374. The number of hydrazine groups is 2. The van der Waals surface area contributed by atoms with Gasteiger partial charge in [-0.2, -0.15) is 0 Å². The van der Waals surface area contributed by atoms with Gasteiger partial charge in [-0.25, -0.2) is 10.9 Å². The number of rotatable bonds is 6. The van der Waals surface area contributed by atoms with E-state index in [1.807, 2.05) is 0 Å². The zero-order valence-corrected chi connectivity index (χ0v) is 9.49. The summed E-state index contributed by atoms with van der Waals surface area (Å²) in [6, 6.07) is 3.20. The van der Waals surface area contributed by atoms with Crippen molar-refractivity contribution in [3.63, 3.8) is 0 Å². The molecular weight excluding hydrogens is 222 g/mol. The predicted octanol–water partition coefficient (Wildman–Crippen LogP) is -1.04. The average molecular weight is 237 g/mol. The highest BCUT2D eigenvalue weighted by atomic mass is 16.2. The lowest BCUT2D eigenvalue weighted by atomic mass is 10.3. The number of carbonyl (C=O) groups is 2. The highest BCUT2D eigenvalue weighted by Crippen LogP contribution is 1.94. The third-order valence-corrected chi connectivity index (χ3v) is 1.89. The number of nitrogens with zero attached hydrogens (tertiary/aromatic N) is 1. The molecule has 0 atom stereocenters. The standard InChI is InChI=1S/C10H15N5O2/c1-11-14-9(16)4-7-13-15-10(17)8-2-5-12-6-3-8/h2-3,5-6,11,13H,4,7H2,1H3,(H,14,16)(H,15,17). The summed E-state index contributed by atoms with van der Waals surface area (Å²) in [5.74, 6) is -0.417. The largest absolute Gasteiger partial charge is 0.292 e. The van der Waals surface area contributed by atoms with E-state index in [2.05, 4.69) is 26.7 Å². The molecule has 1 heterocycles. The van der Waals surface area contributed by atoms with Crippen molar-refractivity contribution >= 4 is 11.8 Å². The van der Waals surface area contributed by atoms with Gasteiger partial charge in [-0.1, -0.05) is 0 Å². The van der Waals surface area contributed by atoms with Crippen LogP contribution in [0.3, 0.4) is 0 Å². The molecule has 4 N–H and O–H groups in total. The van der Waals surface area contributed by atoms with Gasteiger partial charge in [-0.15, -0.1) is 0 Å². The number of carbonyl (C=O) groups excluding carboxylic acids is 2. The molecule has 0 radical (unpaired) electrons. The molecule has 1 rings (SSSR count). The number of hydrogen-bond donors (Lipinski definition) is 4. The molecule has 0 bridgehead atoms. The van der Waals surface area contributed by atoms with E-state index >= 15 is 0 Å². The lowest BCUT2D eigenvalue weighted by Gasteiger charge is -2.07. The van der Waals surface area contributed by atoms with Crippen LogP contribution in [-0.2, 0) is 4.79 Å². The van der Waals surface area contributed by atoms with Crippen molar-refractivity contribution in [2.75, 3.05) is 13.6 Å². The predicted molar refractivity (Wildman–Crippen MR) is 61.5 cm³/mol. The fraction of sp³-hybridized carbons (Fsp3) is 0.300. The van der Waals surface area contributed by atoms with E-state index in [-0.39, 0.29) is 18.2 Å². The summed E-state index contributed by atoms with van der Waals surface area (Å²) >= 11 is 0. The van der Waals surface area contributed by atoms with Crippen LogP contribution >= 0.6 is 0 Å². The molecule has 92 valence electrons. The summed E-state index contributed by atoms with van der Waals surface area (Å²) in [6.07, 6.45) is 3.34. The number of hydrogen-bond acceptors (Lipinski definition) is 5. The molecule has 0 spiro atoms. The topological polar surface area (TPSA) is 95.1 Å². The van der Waals surface area contributed by atoms with Crippen LogP contribution in [0, 0.1) is 0 Å². The molecule has 0 saturated heterocycles. The van der Waals surface area contributed by atoms with Gasteiger partial charge in [-0.05, 0) is 12.1 Å². The molecule has 0 saturated carbocycles. The number of nitrogens with one attached hydrogen (secondary N) is 4. The fourth-order valence-corrected chi connectivity index (χ4v) is 1.10. The Kier molecular flexibility index (Phi) is 5.62. The Balaban J connectivity index is 2.19. The fourth-order valence-electron chi connectivity index (χ4n) is 1.10. The van der Waals surface area contributed by atoms with Crippen molar-refractivity contribution in [1.29, 1.82) is 0 Å². The molecular formula is C10H15N5O2. The van der Waals surface area contributed by atoms with Crippen molar-refractivity contribution < 1.29 is 9.59 Å². The van der Waals surface area contributed by atoms with E-state index in [1.54, 1.807) is 19.2 Å². The Morgan fingerprint density at radius 2 is 1.94 bits per heavy atom. The third kappa shape index (κ3) is 5.05. The van der Waals surface area contributed by atoms with Gasteiger partial charge in [0.15, 0.2) is 0 Å². The maximum absolute atomic E-state index is 11.5. The van der Waals surface area contributed by atoms with Crippen molar-refractivity contribution in [3.8, 4) is 0 Å². The first-order valence-corrected chi connectivity index (χ1v) is 5.13. The van der Waals surface area contributed by atoms with Crippen LogP contribution in [0.1, 0.15) is 16.8 Å². The van der Waals surface area contributed by atoms with E-state index in [9.17, 15) is 9.59 Å². The Morgan fingerprint density at radius 3 is 2.59 bits per heavy atom. The SMILES string of the molecule is CNNC(=O)CCNNC(=O)c1ccncc1. The van der Waals surface area contributed by atoms with Crippen LogP contribution in [-0.4, -0.2) is 30.4 Å². The van der Waals surface area contributed by atoms with E-state index in [0.717, 1.165) is 0 Å². The van der Waals surface area contributed by atoms with Crippen molar-refractivity contribution in [1.82, 2.24) is 26.7 Å². The second-order valence-corrected chi connectivity index (χ2v) is 3.16. The van der Waals surface area contributed by atoms with Gasteiger partial charge in [0, 0.05) is 38.0 Å². The summed E-state index contributed by atoms with van der Waals surface area (Å²) in [4.78, 5) is 26.3. The van der Waals surface area contributed by atoms with Crippen LogP contribution in [0.5, 0.6) is 0 Å². The summed E-state index contributed by atoms with van der Waals surface area (Å²) in [5, 5.41) is 0. The van der Waals surface area contributed by atoms with Gasteiger partial charge in [0.1, 0.15) is 0 Å². The summed E-state index contributed by atoms with van der Waals surface area (Å²) in [5.41, 5.74) is 10.6. The maximum Gasteiger partial charge on any atom is 0.265 e. The highest BCUT2D eigenvalue weighted by Gasteiger charge is 2.03. The first kappa shape index (κ1) is 13.1. The van der Waals surface area contributed by atoms with E-state index in [4.69, 9.17) is 0 Å². The second-order valence-electron chi connectivity index (χ2n) is 3.16. The monoisotopic (exact) mass is 237 g/mol. The summed E-state index contributed by atoms with van der Waals surface area (Å²) in [6.45, 7) is 0.352. The van der Waals surface area contributed by atoms with Crippen molar-refractivity contribution in [2.45, 2.75) is 6.42 Å². The lowest BCUT2D eigenvalue weighted by molar-refractivity contribution is -0.121. The van der Waals surface area contributed by atoms with E-state index in [1.165, 1.54) is 12.4 Å². The first-order valence-electron chi connectivity index (χ1n) is 5.13. The second kappa shape index (κ2) is 7.31. The summed E-state index contributed by atoms with van der Waals surface area (Å²) < 4.78 is 0. The van der Waals surface area contributed by atoms with E-state index < -0.39 is 0 Å². The van der Waals surface area contributed by atoms with Gasteiger partial charge >= 0.3 is 0 Å². The minimum Gasteiger partial charge on any atom is -0.292 e. The van der Waals surface area contributed by atoms with Crippen molar-refractivity contribution in [2.24, 2.45) is 0 Å². The molecule has 1 aromatic rings. The zero-order chi connectivity index (χ0) is 12.5. The first-order chi connectivity index (χ1) is 8.24. The van der Waals surface area contributed by atoms with Crippen LogP contribution in [0.25, 0.3) is 0 Å². The number of aromatic nitrogens is 1. The molecule has 2 amide bonds. The van der Waals surface area contributed by atoms with Gasteiger partial charge < -0.3 is 0 Å². The molecule has 0 aliphatic carbocycles. The van der Waals surface area contributed by atoms with E-state index in [0.29, 0.717) is 12.1 Å². The molecule has 0 unspecified atom stereocenters. The minimum absolute atomic E-state index is 0.154. The minimum atomic E-state index is -0.263. The highest BCUT2D eigenvalue weighted by molar-refractivity contribution is 5.93. The third-order valence-electron chi connectivity index (χ3n) is 1.89. The molecule has 7 nitrogen and oxygen atoms in total. The smallest absolute Gasteiger partial charge is 0.265 e. The molecule has 0 fully saturated rings. The lowest BCUT2D eigenvalue weighted by Crippen LogP contribution is -2.41. The van der Waals surface area contributed by atoms with Gasteiger partial charge in [0.05, 0.1) is 0 Å². The maximum atomic E-state index is 11.5. The number of pyridine rings is 1. The van der Waals surface area contributed by atoms with Crippen LogP contribution in [0.4, 0.5) is 0 Å². The Morgan fingerprint density at radius 1 is 1.24 bits per heavy atom. The van der Waals surface area contributed by atoms with Crippen LogP contribution in [0.15, 0.2) is 24.5 Å². The zero-order valence-electron chi connectivity index (χ0n) is 9.49. The van der Waals surface area contributed by atoms with Gasteiger partial charge in [0.25, 0.3) is 5.91 Å². The molecule has 7 heteroatoms. The Bertz CT molecular complexity index is 368. The van der Waals surface area contributed by atoms with Crippen LogP contribution in [0.2, 0.25) is 0 Å². The van der Waals surface area contributed by atoms with Crippen molar-refractivity contribution in [3.05, 3.63) is 30.1 Å². The van der Waals surface area contributed by atoms with Gasteiger partial charge in [-0.3, -0.25) is 25.4 Å². The average Bonchev–Trinajstić information content (AvgIpc) is 2.36. The summed E-state index contributed by atoms with van der Waals surface area (Å²) in [7, 11) is 1.61. The molecule has 0 aromatic carbocycles. The van der Waals surface area contributed by atoms with Gasteiger partial charge in [0.2, 0.25) is 5.91 Å². The van der Waals surface area contributed by atoms with Crippen LogP contribution < -0.4 is 21.7 Å². The molecule has 17 heavy (non-hydrogen) atoms. The Hall–Kier alpha value is -1.99. The Labute approximate surface area is 98.9 Å². The number of amides is 2. The normalized spacial score (nSPS) is 9.71. The molecule has 1 aromatic heterocycles.